The molecule has 4 aliphatic rings. The molecule has 0 radical (unpaired) electrons. The molecule has 0 amide bonds. The highest BCUT2D eigenvalue weighted by Gasteiger charge is 2.63. The van der Waals surface area contributed by atoms with Crippen molar-refractivity contribution < 1.29 is 0 Å². The average molecular weight is 727 g/mol. The minimum Gasteiger partial charge on any atom is -0.295 e. The topological polar surface area (TPSA) is 48.6 Å². The molecule has 56 heavy (non-hydrogen) atoms. The van der Waals surface area contributed by atoms with E-state index in [9.17, 15) is 0 Å². The van der Waals surface area contributed by atoms with Crippen molar-refractivity contribution in [2.24, 2.45) is 0 Å². The van der Waals surface area contributed by atoms with Gasteiger partial charge in [0.2, 0.25) is 0 Å². The number of aryl methyl sites for hydroxylation is 6. The van der Waals surface area contributed by atoms with E-state index in [1.807, 2.05) is 0 Å². The van der Waals surface area contributed by atoms with Crippen LogP contribution in [0.1, 0.15) is 44.5 Å². The van der Waals surface area contributed by atoms with Crippen molar-refractivity contribution >= 4 is 92.5 Å². The molecule has 0 aliphatic carbocycles. The molecule has 0 atom stereocenters. The largest absolute Gasteiger partial charge is 0.417 e. The number of para-hydroxylation sites is 2. The lowest BCUT2D eigenvalue weighted by atomic mass is 9.54. The van der Waals surface area contributed by atoms with Gasteiger partial charge in [0, 0.05) is 33.1 Å². The van der Waals surface area contributed by atoms with Gasteiger partial charge >= 0.3 is 14.0 Å². The predicted octanol–water partition coefficient (Wildman–Crippen LogP) is 9.29. The number of hydrogen-bond donors (Lipinski definition) is 0. The average Bonchev–Trinajstić information content (AvgIpc) is 3.93. The Hall–Kier alpha value is -6.25. The summed E-state index contributed by atoms with van der Waals surface area (Å²) < 4.78 is 4.65. The van der Waals surface area contributed by atoms with E-state index in [4.69, 9.17) is 10.2 Å². The van der Waals surface area contributed by atoms with Crippen molar-refractivity contribution in [3.8, 4) is 0 Å². The first-order chi connectivity index (χ1) is 27.2. The van der Waals surface area contributed by atoms with E-state index in [0.717, 1.165) is 33.4 Å². The van der Waals surface area contributed by atoms with E-state index in [0.29, 0.717) is 0 Å². The van der Waals surface area contributed by atoms with Crippen LogP contribution in [0.5, 0.6) is 0 Å². The fraction of sp³-hybridized carbons (Fsp3) is 0.174. The SMILES string of the molecule is Cc1cc2c3c(c1C)N1c4c(C)c(C)cc5c4B(N1B3n1nc3ccccc3c1N2c1c(C)cccc1C)n1nc2ccccc2c1N5c1c(C)cccc1C. The highest BCUT2D eigenvalue weighted by atomic mass is 15.7. The van der Waals surface area contributed by atoms with Crippen LogP contribution in [0.15, 0.2) is 97.1 Å². The third-order valence-corrected chi connectivity index (χ3v) is 13.2. The minimum atomic E-state index is -0.237. The van der Waals surface area contributed by atoms with Crippen LogP contribution in [0.4, 0.5) is 45.8 Å². The van der Waals surface area contributed by atoms with E-state index in [-0.39, 0.29) is 14.0 Å². The van der Waals surface area contributed by atoms with Gasteiger partial charge in [-0.15, -0.1) is 0 Å². The second kappa shape index (κ2) is 10.7. The number of hydrogen-bond acceptors (Lipinski definition) is 6. The van der Waals surface area contributed by atoms with Crippen molar-refractivity contribution in [1.82, 2.24) is 24.2 Å². The summed E-state index contributed by atoms with van der Waals surface area (Å²) in [6.45, 7) is 17.6. The molecule has 6 heterocycles. The molecule has 2 aromatic heterocycles. The second-order valence-electron chi connectivity index (χ2n) is 16.4. The van der Waals surface area contributed by atoms with E-state index in [1.165, 1.54) is 89.6 Å². The molecule has 0 fully saturated rings. The molecule has 10 heteroatoms. The van der Waals surface area contributed by atoms with E-state index in [2.05, 4.69) is 181 Å². The molecule has 8 aromatic rings. The molecule has 0 saturated heterocycles. The summed E-state index contributed by atoms with van der Waals surface area (Å²) in [6.07, 6.45) is 0. The number of hydrazine groups is 1. The third-order valence-electron chi connectivity index (χ3n) is 13.2. The van der Waals surface area contributed by atoms with Crippen molar-refractivity contribution in [3.63, 3.8) is 0 Å². The van der Waals surface area contributed by atoms with Gasteiger partial charge in [-0.05, 0) is 136 Å². The Labute approximate surface area is 327 Å². The molecular weight excluding hydrogens is 686 g/mol. The van der Waals surface area contributed by atoms with Gasteiger partial charge in [-0.25, -0.2) is 4.83 Å². The van der Waals surface area contributed by atoms with Crippen LogP contribution in [0.3, 0.4) is 0 Å². The first-order valence-corrected chi connectivity index (χ1v) is 19.7. The smallest absolute Gasteiger partial charge is 0.295 e. The molecule has 0 bridgehead atoms. The molecule has 6 aromatic carbocycles. The monoisotopic (exact) mass is 726 g/mol. The van der Waals surface area contributed by atoms with Gasteiger partial charge in [-0.1, -0.05) is 60.7 Å². The maximum atomic E-state index is 5.55. The Kier molecular flexibility index (Phi) is 6.14. The molecule has 8 nitrogen and oxygen atoms in total. The predicted molar refractivity (Wildman–Crippen MR) is 232 cm³/mol. The van der Waals surface area contributed by atoms with Crippen LogP contribution in [0.25, 0.3) is 21.8 Å². The van der Waals surface area contributed by atoms with Crippen LogP contribution in [-0.2, 0) is 0 Å². The molecule has 270 valence electrons. The minimum absolute atomic E-state index is 0.237. The van der Waals surface area contributed by atoms with Gasteiger partial charge in [0.05, 0.1) is 33.8 Å². The standard InChI is InChI=1S/C46H40B2N8/c1-25-15-13-16-26(2)41(25)51-37-23-29(5)31(7)43-39(37)47(54-45(51)33-19-9-11-21-35(33)49-54)56-48-40-38(24-30(6)32(8)44(40)53(43)56)52(42-27(3)17-14-18-28(42)4)46-34-20-10-12-22-36(34)50-55(46)48/h9-24H,1-8H3. The maximum Gasteiger partial charge on any atom is 0.417 e. The van der Waals surface area contributed by atoms with Gasteiger partial charge in [0.25, 0.3) is 0 Å². The van der Waals surface area contributed by atoms with Gasteiger partial charge in [0.1, 0.15) is 11.6 Å². The summed E-state index contributed by atoms with van der Waals surface area (Å²) >= 11 is 0. The van der Waals surface area contributed by atoms with Gasteiger partial charge < -0.3 is 0 Å². The molecule has 0 unspecified atom stereocenters. The lowest BCUT2D eigenvalue weighted by molar-refractivity contribution is 0.655. The summed E-state index contributed by atoms with van der Waals surface area (Å²) in [5.74, 6) is 2.18. The zero-order chi connectivity index (χ0) is 38.0. The van der Waals surface area contributed by atoms with Crippen molar-refractivity contribution in [2.45, 2.75) is 55.4 Å². The Morgan fingerprint density at radius 2 is 0.821 bits per heavy atom. The summed E-state index contributed by atoms with van der Waals surface area (Å²) in [5.41, 5.74) is 21.9. The fourth-order valence-electron chi connectivity index (χ4n) is 10.5. The zero-order valence-corrected chi connectivity index (χ0v) is 33.0. The Morgan fingerprint density at radius 3 is 1.23 bits per heavy atom. The summed E-state index contributed by atoms with van der Waals surface area (Å²) in [6, 6.07) is 35.4. The van der Waals surface area contributed by atoms with E-state index < -0.39 is 0 Å². The maximum absolute atomic E-state index is 5.55. The number of rotatable bonds is 2. The van der Waals surface area contributed by atoms with Crippen molar-refractivity contribution in [3.05, 3.63) is 142 Å². The molecule has 4 aliphatic heterocycles. The summed E-state index contributed by atoms with van der Waals surface area (Å²) in [4.78, 5) is 7.63. The quantitative estimate of drug-likeness (QED) is 0.166. The highest BCUT2D eigenvalue weighted by Crippen LogP contribution is 2.55. The van der Waals surface area contributed by atoms with E-state index in [1.54, 1.807) is 0 Å². The lowest BCUT2D eigenvalue weighted by Gasteiger charge is -2.39. The first kappa shape index (κ1) is 32.0. The van der Waals surface area contributed by atoms with Crippen LogP contribution in [0, 0.1) is 55.4 Å². The van der Waals surface area contributed by atoms with E-state index >= 15 is 0 Å². The fourth-order valence-corrected chi connectivity index (χ4v) is 10.5. The summed E-state index contributed by atoms with van der Waals surface area (Å²) in [5, 5.41) is 15.9. The molecule has 0 saturated carbocycles. The summed E-state index contributed by atoms with van der Waals surface area (Å²) in [7, 11) is 0. The van der Waals surface area contributed by atoms with Crippen LogP contribution in [-0.4, -0.2) is 38.2 Å². The number of nitrogens with zero attached hydrogens (tertiary/aromatic N) is 8. The van der Waals surface area contributed by atoms with Crippen molar-refractivity contribution in [1.29, 1.82) is 0 Å². The zero-order valence-electron chi connectivity index (χ0n) is 33.0. The highest BCUT2D eigenvalue weighted by molar-refractivity contribution is 6.91. The first-order valence-electron chi connectivity index (χ1n) is 19.7. The third kappa shape index (κ3) is 3.71. The van der Waals surface area contributed by atoms with Crippen molar-refractivity contribution in [2.75, 3.05) is 14.8 Å². The van der Waals surface area contributed by atoms with Gasteiger partial charge in [-0.2, -0.15) is 10.2 Å². The second-order valence-corrected chi connectivity index (χ2v) is 16.4. The number of benzene rings is 6. The van der Waals surface area contributed by atoms with Crippen LogP contribution in [0.2, 0.25) is 0 Å². The molecule has 0 spiro atoms. The van der Waals surface area contributed by atoms with Gasteiger partial charge in [0.15, 0.2) is 0 Å². The Morgan fingerprint density at radius 1 is 0.429 bits per heavy atom. The molecule has 0 N–H and O–H groups in total. The number of aromatic nitrogens is 4. The van der Waals surface area contributed by atoms with Crippen LogP contribution < -0.4 is 25.7 Å². The number of fused-ring (bicyclic) bond motifs is 13. The molecule has 12 rings (SSSR count). The van der Waals surface area contributed by atoms with Crippen LogP contribution >= 0.6 is 0 Å². The lowest BCUT2D eigenvalue weighted by Crippen LogP contribution is -2.64. The van der Waals surface area contributed by atoms with Gasteiger partial charge in [-0.3, -0.25) is 24.0 Å². The normalized spacial score (nSPS) is 14.9. The Bertz CT molecular complexity index is 2840. The number of anilines is 8. The Balaban J connectivity index is 1.24. The molecular formula is C46H40B2N8.